The van der Waals surface area contributed by atoms with Crippen LogP contribution in [0.2, 0.25) is 0 Å². The number of rotatable bonds is 6. The number of imide groups is 1. The van der Waals surface area contributed by atoms with E-state index in [1.54, 1.807) is 12.1 Å². The molecule has 0 bridgehead atoms. The molecule has 3 heterocycles. The van der Waals surface area contributed by atoms with E-state index in [0.29, 0.717) is 17.7 Å². The van der Waals surface area contributed by atoms with Gasteiger partial charge >= 0.3 is 0 Å². The lowest BCUT2D eigenvalue weighted by molar-refractivity contribution is -0.137. The number of likely N-dealkylation sites (tertiary alicyclic amines) is 1. The van der Waals surface area contributed by atoms with Gasteiger partial charge < -0.3 is 9.80 Å². The number of hydrogen-bond donors (Lipinski definition) is 0. The van der Waals surface area contributed by atoms with Crippen LogP contribution >= 0.6 is 11.3 Å². The third kappa shape index (κ3) is 4.04. The predicted molar refractivity (Wildman–Crippen MR) is 116 cm³/mol. The molecular formula is C23H26FN3O2S. The molecule has 5 nitrogen and oxygen atoms in total. The summed E-state index contributed by atoms with van der Waals surface area (Å²) in [6.07, 6.45) is 2.43. The zero-order chi connectivity index (χ0) is 21.3. The summed E-state index contributed by atoms with van der Waals surface area (Å²) in [6, 6.07) is 10.2. The zero-order valence-electron chi connectivity index (χ0n) is 17.3. The van der Waals surface area contributed by atoms with Crippen molar-refractivity contribution < 1.29 is 14.0 Å². The summed E-state index contributed by atoms with van der Waals surface area (Å²) in [5.74, 6) is -0.762. The van der Waals surface area contributed by atoms with Crippen molar-refractivity contribution in [3.05, 3.63) is 63.7 Å². The number of piperidine rings is 1. The monoisotopic (exact) mass is 427 g/mol. The van der Waals surface area contributed by atoms with Crippen LogP contribution in [0.25, 0.3) is 5.57 Å². The summed E-state index contributed by atoms with van der Waals surface area (Å²) in [7, 11) is 4.04. The fraction of sp³-hybridized carbons (Fsp3) is 0.391. The van der Waals surface area contributed by atoms with Crippen molar-refractivity contribution in [1.82, 2.24) is 14.7 Å². The van der Waals surface area contributed by atoms with Crippen LogP contribution in [0.1, 0.15) is 23.3 Å². The number of hydrogen-bond acceptors (Lipinski definition) is 5. The van der Waals surface area contributed by atoms with E-state index in [0.717, 1.165) is 36.4 Å². The second-order valence-electron chi connectivity index (χ2n) is 7.98. The SMILES string of the molecule is CN1CCC(N(C)C2=C(c3cccs3)C(=O)N(CCc3ccc(F)cc3)C2=O)CC1. The van der Waals surface area contributed by atoms with Gasteiger partial charge in [-0.25, -0.2) is 4.39 Å². The molecule has 1 saturated heterocycles. The molecule has 2 aromatic rings. The van der Waals surface area contributed by atoms with Crippen LogP contribution in [0.4, 0.5) is 4.39 Å². The van der Waals surface area contributed by atoms with Gasteiger partial charge in [-0.1, -0.05) is 18.2 Å². The minimum absolute atomic E-state index is 0.230. The van der Waals surface area contributed by atoms with Gasteiger partial charge in [0.25, 0.3) is 11.8 Å². The molecular weight excluding hydrogens is 401 g/mol. The van der Waals surface area contributed by atoms with Gasteiger partial charge in [-0.05, 0) is 68.5 Å². The Balaban J connectivity index is 1.59. The van der Waals surface area contributed by atoms with E-state index in [4.69, 9.17) is 0 Å². The van der Waals surface area contributed by atoms with Crippen LogP contribution in [0.3, 0.4) is 0 Å². The van der Waals surface area contributed by atoms with Crippen LogP contribution in [0, 0.1) is 5.82 Å². The summed E-state index contributed by atoms with van der Waals surface area (Å²) in [4.78, 5) is 33.2. The molecule has 0 spiro atoms. The third-order valence-electron chi connectivity index (χ3n) is 6.04. The molecule has 1 fully saturated rings. The van der Waals surface area contributed by atoms with E-state index in [1.807, 2.05) is 29.5 Å². The van der Waals surface area contributed by atoms with Crippen molar-refractivity contribution in [2.24, 2.45) is 0 Å². The van der Waals surface area contributed by atoms with E-state index < -0.39 is 0 Å². The summed E-state index contributed by atoms with van der Waals surface area (Å²) >= 11 is 1.48. The van der Waals surface area contributed by atoms with Crippen molar-refractivity contribution in [2.45, 2.75) is 25.3 Å². The fourth-order valence-corrected chi connectivity index (χ4v) is 4.96. The van der Waals surface area contributed by atoms with Crippen molar-refractivity contribution in [3.8, 4) is 0 Å². The highest BCUT2D eigenvalue weighted by molar-refractivity contribution is 7.11. The Bertz CT molecular complexity index is 947. The van der Waals surface area contributed by atoms with E-state index in [-0.39, 0.29) is 30.2 Å². The Hall–Kier alpha value is -2.51. The number of thiophene rings is 1. The lowest BCUT2D eigenvalue weighted by atomic mass is 10.0. The van der Waals surface area contributed by atoms with Gasteiger partial charge in [-0.2, -0.15) is 0 Å². The number of nitrogens with zero attached hydrogens (tertiary/aromatic N) is 3. The lowest BCUT2D eigenvalue weighted by Crippen LogP contribution is -2.43. The van der Waals surface area contributed by atoms with Gasteiger partial charge in [-0.15, -0.1) is 11.3 Å². The molecule has 0 radical (unpaired) electrons. The Morgan fingerprint density at radius 1 is 1.10 bits per heavy atom. The van der Waals surface area contributed by atoms with E-state index in [2.05, 4.69) is 11.9 Å². The molecule has 0 saturated carbocycles. The average molecular weight is 428 g/mol. The van der Waals surface area contributed by atoms with Crippen molar-refractivity contribution >= 4 is 28.7 Å². The largest absolute Gasteiger partial charge is 0.366 e. The molecule has 0 unspecified atom stereocenters. The summed E-state index contributed by atoms with van der Waals surface area (Å²) < 4.78 is 13.2. The average Bonchev–Trinajstić information content (AvgIpc) is 3.34. The molecule has 2 amide bonds. The molecule has 0 atom stereocenters. The maximum absolute atomic E-state index is 13.4. The number of halogens is 1. The van der Waals surface area contributed by atoms with Gasteiger partial charge in [0.15, 0.2) is 0 Å². The number of carbonyl (C=O) groups excluding carboxylic acids is 2. The molecule has 7 heteroatoms. The topological polar surface area (TPSA) is 43.9 Å². The molecule has 1 aromatic carbocycles. The van der Waals surface area contributed by atoms with Gasteiger partial charge in [0, 0.05) is 24.5 Å². The molecule has 0 N–H and O–H groups in total. The Morgan fingerprint density at radius 2 is 1.80 bits per heavy atom. The fourth-order valence-electron chi connectivity index (χ4n) is 4.19. The Morgan fingerprint density at radius 3 is 2.43 bits per heavy atom. The van der Waals surface area contributed by atoms with Gasteiger partial charge in [0.2, 0.25) is 0 Å². The maximum Gasteiger partial charge on any atom is 0.277 e. The summed E-state index contributed by atoms with van der Waals surface area (Å²) in [5.41, 5.74) is 1.92. The first-order valence-electron chi connectivity index (χ1n) is 10.3. The quantitative estimate of drug-likeness (QED) is 0.664. The van der Waals surface area contributed by atoms with E-state index in [1.165, 1.54) is 28.4 Å². The second-order valence-corrected chi connectivity index (χ2v) is 8.93. The van der Waals surface area contributed by atoms with E-state index >= 15 is 0 Å². The first kappa shape index (κ1) is 20.8. The number of carbonyl (C=O) groups is 2. The van der Waals surface area contributed by atoms with E-state index in [9.17, 15) is 14.0 Å². The van der Waals surface area contributed by atoms with Crippen LogP contribution in [-0.2, 0) is 16.0 Å². The van der Waals surface area contributed by atoms with Crippen LogP contribution < -0.4 is 0 Å². The molecule has 1 aromatic heterocycles. The second kappa shape index (κ2) is 8.70. The first-order chi connectivity index (χ1) is 14.5. The molecule has 158 valence electrons. The van der Waals surface area contributed by atoms with Crippen LogP contribution in [0.5, 0.6) is 0 Å². The van der Waals surface area contributed by atoms with Crippen LogP contribution in [-0.4, -0.2) is 66.3 Å². The Kier molecular flexibility index (Phi) is 6.01. The molecule has 30 heavy (non-hydrogen) atoms. The van der Waals surface area contributed by atoms with Crippen molar-refractivity contribution in [2.75, 3.05) is 33.7 Å². The minimum Gasteiger partial charge on any atom is -0.366 e. The number of amides is 2. The van der Waals surface area contributed by atoms with Crippen molar-refractivity contribution in [1.29, 1.82) is 0 Å². The highest BCUT2D eigenvalue weighted by atomic mass is 32.1. The predicted octanol–water partition coefficient (Wildman–Crippen LogP) is 3.24. The summed E-state index contributed by atoms with van der Waals surface area (Å²) in [6.45, 7) is 2.24. The normalized spacial score (nSPS) is 18.6. The smallest absolute Gasteiger partial charge is 0.277 e. The van der Waals surface area contributed by atoms with Gasteiger partial charge in [-0.3, -0.25) is 14.5 Å². The standard InChI is InChI=1S/C23H26FN3O2S/c1-25-12-10-18(11-13-25)26(2)21-20(19-4-3-15-30-19)22(28)27(23(21)29)14-9-16-5-7-17(24)8-6-16/h3-8,15,18H,9-14H2,1-2H3. The molecule has 0 aliphatic carbocycles. The zero-order valence-corrected chi connectivity index (χ0v) is 18.1. The number of likely N-dealkylation sites (N-methyl/N-ethyl adjacent to an activating group) is 1. The molecule has 2 aliphatic heterocycles. The number of benzene rings is 1. The lowest BCUT2D eigenvalue weighted by Gasteiger charge is -2.36. The highest BCUT2D eigenvalue weighted by Crippen LogP contribution is 2.35. The first-order valence-corrected chi connectivity index (χ1v) is 11.1. The summed E-state index contributed by atoms with van der Waals surface area (Å²) in [5, 5.41) is 1.93. The molecule has 4 rings (SSSR count). The van der Waals surface area contributed by atoms with Crippen molar-refractivity contribution in [3.63, 3.8) is 0 Å². The van der Waals surface area contributed by atoms with Gasteiger partial charge in [0.1, 0.15) is 11.5 Å². The Labute approximate surface area is 180 Å². The maximum atomic E-state index is 13.4. The van der Waals surface area contributed by atoms with Crippen LogP contribution in [0.15, 0.2) is 47.5 Å². The minimum atomic E-state index is -0.296. The highest BCUT2D eigenvalue weighted by Gasteiger charge is 2.42. The third-order valence-corrected chi connectivity index (χ3v) is 6.92. The molecule has 2 aliphatic rings. The van der Waals surface area contributed by atoms with Gasteiger partial charge in [0.05, 0.1) is 5.57 Å².